The molecule has 0 amide bonds. The summed E-state index contributed by atoms with van der Waals surface area (Å²) < 4.78 is 45.4. The first-order chi connectivity index (χ1) is 15.2. The van der Waals surface area contributed by atoms with E-state index >= 15 is 0 Å². The van der Waals surface area contributed by atoms with Crippen LogP contribution in [-0.4, -0.2) is 22.2 Å². The lowest BCUT2D eigenvalue weighted by Crippen LogP contribution is -2.49. The Kier molecular flexibility index (Phi) is 6.53. The molecule has 8 heteroatoms. The summed E-state index contributed by atoms with van der Waals surface area (Å²) in [5.74, 6) is -9.72. The number of carboxylic acids is 2. The normalized spacial score (nSPS) is 11.2. The van der Waals surface area contributed by atoms with Gasteiger partial charge in [0.15, 0.2) is 17.5 Å². The van der Waals surface area contributed by atoms with E-state index in [-0.39, 0.29) is 5.56 Å². The van der Waals surface area contributed by atoms with Gasteiger partial charge in [0.25, 0.3) is 0 Å². The Morgan fingerprint density at radius 2 is 1.31 bits per heavy atom. The first-order valence-corrected chi connectivity index (χ1v) is 9.69. The fourth-order valence-corrected chi connectivity index (χ4v) is 3.30. The summed E-state index contributed by atoms with van der Waals surface area (Å²) in [4.78, 5) is 24.0. The molecule has 0 aliphatic heterocycles. The molecule has 0 bridgehead atoms. The van der Waals surface area contributed by atoms with Gasteiger partial charge in [0, 0.05) is 17.7 Å². The van der Waals surface area contributed by atoms with Crippen molar-refractivity contribution in [2.45, 2.75) is 25.4 Å². The number of hydrogen-bond acceptors (Lipinski definition) is 3. The van der Waals surface area contributed by atoms with E-state index in [1.165, 1.54) is 24.3 Å². The molecule has 166 valence electrons. The van der Waals surface area contributed by atoms with E-state index in [0.29, 0.717) is 17.7 Å². The van der Waals surface area contributed by atoms with Crippen LogP contribution in [-0.2, 0) is 21.6 Å². The number of ether oxygens (including phenoxy) is 1. The molecule has 32 heavy (non-hydrogen) atoms. The first kappa shape index (κ1) is 22.9. The van der Waals surface area contributed by atoms with E-state index in [9.17, 15) is 33.0 Å². The third-order valence-corrected chi connectivity index (χ3v) is 4.95. The van der Waals surface area contributed by atoms with Crippen molar-refractivity contribution in [2.75, 3.05) is 0 Å². The molecule has 0 aliphatic rings. The minimum atomic E-state index is -3.01. The lowest BCUT2D eigenvalue weighted by Gasteiger charge is -2.27. The maximum atomic E-state index is 13.5. The number of benzene rings is 3. The van der Waals surface area contributed by atoms with E-state index in [1.807, 2.05) is 24.3 Å². The van der Waals surface area contributed by atoms with Gasteiger partial charge in [-0.2, -0.15) is 0 Å². The van der Waals surface area contributed by atoms with Crippen LogP contribution in [0.3, 0.4) is 0 Å². The Balaban J connectivity index is 2.01. The summed E-state index contributed by atoms with van der Waals surface area (Å²) in [7, 11) is 0. The van der Waals surface area contributed by atoms with E-state index in [1.54, 1.807) is 0 Å². The molecule has 0 unspecified atom stereocenters. The number of aryl methyl sites for hydroxylation is 1. The summed E-state index contributed by atoms with van der Waals surface area (Å²) in [6.07, 6.45) is 1.93. The molecule has 3 aromatic rings. The molecular weight excluding hydrogens is 425 g/mol. The Hall–Kier alpha value is -3.81. The number of halogens is 3. The zero-order valence-electron chi connectivity index (χ0n) is 16.9. The van der Waals surface area contributed by atoms with Crippen molar-refractivity contribution >= 4 is 11.9 Å². The zero-order valence-corrected chi connectivity index (χ0v) is 16.9. The SMILES string of the molecule is CCCc1ccc(-c2ccc(C(Oc3cc(F)c(F)c(F)c3)(C(=O)O)C(=O)O)cc2)cc1. The van der Waals surface area contributed by atoms with E-state index in [0.717, 1.165) is 24.0 Å². The van der Waals surface area contributed by atoms with E-state index in [2.05, 4.69) is 6.92 Å². The van der Waals surface area contributed by atoms with Crippen LogP contribution in [0.2, 0.25) is 0 Å². The summed E-state index contributed by atoms with van der Waals surface area (Å²) >= 11 is 0. The Bertz CT molecular complexity index is 1100. The molecule has 0 spiro atoms. The smallest absolute Gasteiger partial charge is 0.364 e. The third kappa shape index (κ3) is 4.30. The van der Waals surface area contributed by atoms with Crippen LogP contribution >= 0.6 is 0 Å². The van der Waals surface area contributed by atoms with Crippen LogP contribution in [0, 0.1) is 17.5 Å². The molecule has 2 N–H and O–H groups in total. The Morgan fingerprint density at radius 1 is 0.844 bits per heavy atom. The van der Waals surface area contributed by atoms with Crippen molar-refractivity contribution in [2.24, 2.45) is 0 Å². The van der Waals surface area contributed by atoms with Crippen molar-refractivity contribution in [3.05, 3.63) is 89.2 Å². The van der Waals surface area contributed by atoms with Crippen molar-refractivity contribution in [3.8, 4) is 16.9 Å². The first-order valence-electron chi connectivity index (χ1n) is 9.69. The fraction of sp³-hybridized carbons (Fsp3) is 0.167. The van der Waals surface area contributed by atoms with Crippen molar-refractivity contribution < 1.29 is 37.7 Å². The molecule has 3 aromatic carbocycles. The second-order valence-corrected chi connectivity index (χ2v) is 7.12. The van der Waals surface area contributed by atoms with Crippen molar-refractivity contribution in [3.63, 3.8) is 0 Å². The second-order valence-electron chi connectivity index (χ2n) is 7.12. The zero-order chi connectivity index (χ0) is 23.5. The predicted octanol–water partition coefficient (Wildman–Crippen LogP) is 5.17. The molecular formula is C24H19F3O5. The Morgan fingerprint density at radius 3 is 1.75 bits per heavy atom. The quantitative estimate of drug-likeness (QED) is 0.370. The molecule has 0 fully saturated rings. The van der Waals surface area contributed by atoms with Crippen LogP contribution in [0.15, 0.2) is 60.7 Å². The molecule has 0 aromatic heterocycles. The number of aliphatic carboxylic acids is 2. The highest BCUT2D eigenvalue weighted by molar-refractivity contribution is 6.03. The van der Waals surface area contributed by atoms with Crippen LogP contribution in [0.4, 0.5) is 13.2 Å². The van der Waals surface area contributed by atoms with Gasteiger partial charge >= 0.3 is 17.5 Å². The van der Waals surface area contributed by atoms with Gasteiger partial charge in [-0.25, -0.2) is 22.8 Å². The molecule has 3 rings (SSSR count). The van der Waals surface area contributed by atoms with Crippen LogP contribution in [0.25, 0.3) is 11.1 Å². The lowest BCUT2D eigenvalue weighted by molar-refractivity contribution is -0.173. The number of carbonyl (C=O) groups is 2. The van der Waals surface area contributed by atoms with Crippen molar-refractivity contribution in [1.82, 2.24) is 0 Å². The third-order valence-electron chi connectivity index (χ3n) is 4.95. The number of carboxylic acid groups (broad SMARTS) is 2. The molecule has 0 saturated heterocycles. The topological polar surface area (TPSA) is 83.8 Å². The summed E-state index contributed by atoms with van der Waals surface area (Å²) in [5.41, 5.74) is -0.623. The van der Waals surface area contributed by atoms with Gasteiger partial charge in [0.1, 0.15) is 5.75 Å². The monoisotopic (exact) mass is 444 g/mol. The molecule has 0 atom stereocenters. The maximum Gasteiger partial charge on any atom is 0.364 e. The van der Waals surface area contributed by atoms with Crippen molar-refractivity contribution in [1.29, 1.82) is 0 Å². The molecule has 0 saturated carbocycles. The summed E-state index contributed by atoms with van der Waals surface area (Å²) in [6.45, 7) is 2.07. The van der Waals surface area contributed by atoms with Gasteiger partial charge in [-0.15, -0.1) is 0 Å². The van der Waals surface area contributed by atoms with E-state index < -0.39 is 40.7 Å². The molecule has 0 heterocycles. The largest absolute Gasteiger partial charge is 0.478 e. The highest BCUT2D eigenvalue weighted by Gasteiger charge is 2.52. The summed E-state index contributed by atoms with van der Waals surface area (Å²) in [6, 6.07) is 14.0. The van der Waals surface area contributed by atoms with Gasteiger partial charge in [-0.1, -0.05) is 61.9 Å². The highest BCUT2D eigenvalue weighted by Crippen LogP contribution is 2.33. The number of hydrogen-bond donors (Lipinski definition) is 2. The fourth-order valence-electron chi connectivity index (χ4n) is 3.30. The molecule has 0 aliphatic carbocycles. The molecule has 0 radical (unpaired) electrons. The summed E-state index contributed by atoms with van der Waals surface area (Å²) in [5, 5.41) is 19.4. The number of rotatable bonds is 8. The standard InChI is InChI=1S/C24H19F3O5/c1-2-3-14-4-6-15(7-5-14)16-8-10-17(11-9-16)24(22(28)29,23(30)31)32-18-12-19(25)21(27)20(26)13-18/h4-13H,2-3H2,1H3,(H,28,29)(H,30,31). The van der Waals surface area contributed by atoms with E-state index in [4.69, 9.17) is 4.74 Å². The van der Waals surface area contributed by atoms with Crippen LogP contribution in [0.1, 0.15) is 24.5 Å². The van der Waals surface area contributed by atoms with Crippen LogP contribution in [0.5, 0.6) is 5.75 Å². The lowest BCUT2D eigenvalue weighted by atomic mass is 9.91. The van der Waals surface area contributed by atoms with Crippen LogP contribution < -0.4 is 4.74 Å². The van der Waals surface area contributed by atoms with Gasteiger partial charge < -0.3 is 14.9 Å². The highest BCUT2D eigenvalue weighted by atomic mass is 19.2. The van der Waals surface area contributed by atoms with Gasteiger partial charge in [-0.3, -0.25) is 0 Å². The maximum absolute atomic E-state index is 13.5. The minimum Gasteiger partial charge on any atom is -0.478 e. The second kappa shape index (κ2) is 9.13. The Labute approximate surface area is 181 Å². The van der Waals surface area contributed by atoms with Gasteiger partial charge in [-0.05, 0) is 23.1 Å². The van der Waals surface area contributed by atoms with Gasteiger partial charge in [0.2, 0.25) is 0 Å². The van der Waals surface area contributed by atoms with Gasteiger partial charge in [0.05, 0.1) is 0 Å². The average Bonchev–Trinajstić information content (AvgIpc) is 2.76. The minimum absolute atomic E-state index is 0.297. The molecule has 5 nitrogen and oxygen atoms in total. The predicted molar refractivity (Wildman–Crippen MR) is 110 cm³/mol. The average molecular weight is 444 g/mol.